The second-order valence-electron chi connectivity index (χ2n) is 10.2. The smallest absolute Gasteiger partial charge is 0.223 e. The molecule has 182 valence electrons. The van der Waals surface area contributed by atoms with Crippen molar-refractivity contribution in [3.05, 3.63) is 29.5 Å². The molecule has 5 heterocycles. The van der Waals surface area contributed by atoms with Gasteiger partial charge in [-0.15, -0.1) is 10.2 Å². The molecular formula is C25H30ClN9. The van der Waals surface area contributed by atoms with Crippen molar-refractivity contribution in [3.63, 3.8) is 0 Å². The highest BCUT2D eigenvalue weighted by atomic mass is 35.5. The SMILES string of the molecule is CC1CCC(Cn2c(N3CCC[C@H]3C)nc3cc(-c4nn[nH]n4)nc(-c4cncc(Cl)c4)c32)CC1. The van der Waals surface area contributed by atoms with E-state index < -0.39 is 0 Å². The quantitative estimate of drug-likeness (QED) is 0.412. The lowest BCUT2D eigenvalue weighted by Gasteiger charge is -2.29. The molecule has 10 heteroatoms. The van der Waals surface area contributed by atoms with Crippen LogP contribution in [0.3, 0.4) is 0 Å². The summed E-state index contributed by atoms with van der Waals surface area (Å²) in [5.74, 6) is 2.92. The number of tetrazole rings is 1. The highest BCUT2D eigenvalue weighted by Crippen LogP contribution is 2.38. The van der Waals surface area contributed by atoms with Gasteiger partial charge in [0.25, 0.3) is 0 Å². The lowest BCUT2D eigenvalue weighted by Crippen LogP contribution is -2.30. The van der Waals surface area contributed by atoms with Gasteiger partial charge in [-0.05, 0) is 61.8 Å². The zero-order valence-electron chi connectivity index (χ0n) is 20.2. The van der Waals surface area contributed by atoms with E-state index in [9.17, 15) is 0 Å². The van der Waals surface area contributed by atoms with Gasteiger partial charge in [0, 0.05) is 37.1 Å². The lowest BCUT2D eigenvalue weighted by molar-refractivity contribution is 0.267. The van der Waals surface area contributed by atoms with Crippen LogP contribution in [0.15, 0.2) is 24.5 Å². The molecule has 9 nitrogen and oxygen atoms in total. The number of anilines is 1. The molecule has 0 bridgehead atoms. The minimum Gasteiger partial charge on any atom is -0.340 e. The number of nitrogens with one attached hydrogen (secondary N) is 1. The zero-order valence-corrected chi connectivity index (χ0v) is 20.9. The fraction of sp³-hybridized carbons (Fsp3) is 0.520. The first-order chi connectivity index (χ1) is 17.1. The van der Waals surface area contributed by atoms with Gasteiger partial charge in [0.15, 0.2) is 0 Å². The summed E-state index contributed by atoms with van der Waals surface area (Å²) >= 11 is 6.36. The molecular weight excluding hydrogens is 462 g/mol. The summed E-state index contributed by atoms with van der Waals surface area (Å²) in [6.45, 7) is 6.62. The number of hydrogen-bond acceptors (Lipinski definition) is 7. The predicted molar refractivity (Wildman–Crippen MR) is 136 cm³/mol. The third-order valence-corrected chi connectivity index (χ3v) is 7.85. The third kappa shape index (κ3) is 4.26. The highest BCUT2D eigenvalue weighted by molar-refractivity contribution is 6.30. The number of rotatable bonds is 5. The Labute approximate surface area is 209 Å². The number of aromatic amines is 1. The number of pyridine rings is 2. The molecule has 6 rings (SSSR count). The number of aromatic nitrogens is 8. The second kappa shape index (κ2) is 9.18. The van der Waals surface area contributed by atoms with E-state index in [1.807, 2.05) is 18.3 Å². The van der Waals surface area contributed by atoms with Crippen LogP contribution in [0.1, 0.15) is 52.4 Å². The zero-order chi connectivity index (χ0) is 23.9. The molecule has 1 N–H and O–H groups in total. The van der Waals surface area contributed by atoms with Crippen molar-refractivity contribution in [2.45, 2.75) is 65.0 Å². The average molecular weight is 492 g/mol. The topological polar surface area (TPSA) is 101 Å². The average Bonchev–Trinajstić information content (AvgIpc) is 3.60. The fourth-order valence-electron chi connectivity index (χ4n) is 5.66. The van der Waals surface area contributed by atoms with Gasteiger partial charge in [-0.25, -0.2) is 9.97 Å². The largest absolute Gasteiger partial charge is 0.340 e. The van der Waals surface area contributed by atoms with Crippen molar-refractivity contribution < 1.29 is 0 Å². The standard InChI is InChI=1S/C25H30ClN9/c1-15-5-7-17(8-6-15)14-35-23-20(29-25(35)34-9-3-4-16(34)2)11-21(24-30-32-33-31-24)28-22(23)18-10-19(26)13-27-12-18/h10-13,15-17H,3-9,14H2,1-2H3,(H,30,31,32,33)/t15?,16-,17?/m1/s1. The van der Waals surface area contributed by atoms with Gasteiger partial charge in [0.05, 0.1) is 21.7 Å². The normalized spacial score (nSPS) is 22.8. The summed E-state index contributed by atoms with van der Waals surface area (Å²) < 4.78 is 2.42. The molecule has 4 aromatic heterocycles. The summed E-state index contributed by atoms with van der Waals surface area (Å²) in [7, 11) is 0. The van der Waals surface area contributed by atoms with Gasteiger partial charge in [-0.1, -0.05) is 31.4 Å². The Morgan fingerprint density at radius 2 is 1.91 bits per heavy atom. The Bertz CT molecular complexity index is 1320. The van der Waals surface area contributed by atoms with Crippen LogP contribution < -0.4 is 4.90 Å². The Balaban J connectivity index is 1.57. The number of hydrogen-bond donors (Lipinski definition) is 1. The van der Waals surface area contributed by atoms with Crippen molar-refractivity contribution >= 4 is 28.6 Å². The minimum atomic E-state index is 0.440. The van der Waals surface area contributed by atoms with Crippen LogP contribution in [0.25, 0.3) is 33.8 Å². The van der Waals surface area contributed by atoms with Crippen LogP contribution in [-0.4, -0.2) is 52.7 Å². The molecule has 1 aliphatic carbocycles. The Kier molecular flexibility index (Phi) is 5.88. The van der Waals surface area contributed by atoms with Crippen LogP contribution >= 0.6 is 11.6 Å². The highest BCUT2D eigenvalue weighted by Gasteiger charge is 2.30. The van der Waals surface area contributed by atoms with E-state index in [1.54, 1.807) is 6.20 Å². The predicted octanol–water partition coefficient (Wildman–Crippen LogP) is 5.14. The summed E-state index contributed by atoms with van der Waals surface area (Å²) in [5, 5.41) is 15.2. The van der Waals surface area contributed by atoms with Gasteiger partial charge in [0.1, 0.15) is 5.69 Å². The van der Waals surface area contributed by atoms with Gasteiger partial charge < -0.3 is 9.47 Å². The second-order valence-corrected chi connectivity index (χ2v) is 10.6. The Morgan fingerprint density at radius 1 is 1.06 bits per heavy atom. The molecule has 1 saturated carbocycles. The fourth-order valence-corrected chi connectivity index (χ4v) is 5.84. The lowest BCUT2D eigenvalue weighted by atomic mass is 9.83. The Morgan fingerprint density at radius 3 is 2.63 bits per heavy atom. The maximum absolute atomic E-state index is 6.36. The van der Waals surface area contributed by atoms with Crippen LogP contribution in [0, 0.1) is 11.8 Å². The molecule has 1 atom stereocenters. The van der Waals surface area contributed by atoms with Gasteiger partial charge in [-0.2, -0.15) is 5.21 Å². The van der Waals surface area contributed by atoms with Crippen molar-refractivity contribution in [1.29, 1.82) is 0 Å². The van der Waals surface area contributed by atoms with E-state index in [4.69, 9.17) is 21.6 Å². The number of fused-ring (bicyclic) bond motifs is 1. The molecule has 0 radical (unpaired) electrons. The summed E-state index contributed by atoms with van der Waals surface area (Å²) in [4.78, 5) is 17.0. The van der Waals surface area contributed by atoms with Gasteiger partial charge >= 0.3 is 0 Å². The number of halogens is 1. The molecule has 2 aliphatic rings. The molecule has 0 amide bonds. The van der Waals surface area contributed by atoms with Crippen molar-refractivity contribution in [1.82, 2.24) is 40.1 Å². The van der Waals surface area contributed by atoms with Crippen LogP contribution in [0.4, 0.5) is 5.95 Å². The van der Waals surface area contributed by atoms with Gasteiger partial charge in [0.2, 0.25) is 11.8 Å². The molecule has 1 saturated heterocycles. The molecule has 2 fully saturated rings. The summed E-state index contributed by atoms with van der Waals surface area (Å²) in [6, 6.07) is 4.34. The summed E-state index contributed by atoms with van der Waals surface area (Å²) in [6.07, 6.45) is 10.9. The van der Waals surface area contributed by atoms with E-state index >= 15 is 0 Å². The first-order valence-electron chi connectivity index (χ1n) is 12.6. The molecule has 35 heavy (non-hydrogen) atoms. The maximum atomic E-state index is 6.36. The van der Waals surface area contributed by atoms with E-state index in [0.29, 0.717) is 28.5 Å². The van der Waals surface area contributed by atoms with E-state index in [1.165, 1.54) is 38.5 Å². The summed E-state index contributed by atoms with van der Waals surface area (Å²) in [5.41, 5.74) is 4.18. The van der Waals surface area contributed by atoms with Gasteiger partial charge in [-0.3, -0.25) is 4.98 Å². The molecule has 0 spiro atoms. The number of nitrogens with zero attached hydrogens (tertiary/aromatic N) is 8. The minimum absolute atomic E-state index is 0.440. The van der Waals surface area contributed by atoms with Crippen LogP contribution in [0.5, 0.6) is 0 Å². The maximum Gasteiger partial charge on any atom is 0.223 e. The molecule has 0 unspecified atom stereocenters. The third-order valence-electron chi connectivity index (χ3n) is 7.64. The van der Waals surface area contributed by atoms with Crippen LogP contribution in [-0.2, 0) is 6.54 Å². The van der Waals surface area contributed by atoms with Crippen LogP contribution in [0.2, 0.25) is 5.02 Å². The molecule has 0 aromatic carbocycles. The molecule has 1 aliphatic heterocycles. The first-order valence-corrected chi connectivity index (χ1v) is 13.0. The molecule has 4 aromatic rings. The van der Waals surface area contributed by atoms with E-state index in [2.05, 4.69) is 48.9 Å². The monoisotopic (exact) mass is 491 g/mol. The Hall–Kier alpha value is -3.07. The first kappa shape index (κ1) is 22.4. The van der Waals surface area contributed by atoms with E-state index in [-0.39, 0.29) is 0 Å². The van der Waals surface area contributed by atoms with Crippen molar-refractivity contribution in [2.75, 3.05) is 11.4 Å². The van der Waals surface area contributed by atoms with Crippen molar-refractivity contribution in [2.24, 2.45) is 11.8 Å². The number of imidazole rings is 1. The number of H-pyrrole nitrogens is 1. The van der Waals surface area contributed by atoms with Crippen molar-refractivity contribution in [3.8, 4) is 22.8 Å². The van der Waals surface area contributed by atoms with E-state index in [0.717, 1.165) is 47.2 Å².